The second kappa shape index (κ2) is 7.08. The van der Waals surface area contributed by atoms with Crippen molar-refractivity contribution in [3.05, 3.63) is 33.1 Å². The Hall–Kier alpha value is -0.950. The summed E-state index contributed by atoms with van der Waals surface area (Å²) in [6.07, 6.45) is 1.96. The van der Waals surface area contributed by atoms with Crippen molar-refractivity contribution in [1.29, 1.82) is 0 Å². The van der Waals surface area contributed by atoms with Gasteiger partial charge in [-0.3, -0.25) is 9.80 Å². The van der Waals surface area contributed by atoms with E-state index in [1.165, 1.54) is 11.3 Å². The summed E-state index contributed by atoms with van der Waals surface area (Å²) in [6.45, 7) is 5.95. The van der Waals surface area contributed by atoms with E-state index in [1.54, 1.807) is 11.3 Å². The minimum atomic E-state index is 0.541. The van der Waals surface area contributed by atoms with Crippen molar-refractivity contribution in [3.8, 4) is 0 Å². The second-order valence-electron chi connectivity index (χ2n) is 5.76. The molecule has 1 saturated heterocycles. The summed E-state index contributed by atoms with van der Waals surface area (Å²) in [4.78, 5) is 10.5. The highest BCUT2D eigenvalue weighted by Gasteiger charge is 2.26. The lowest BCUT2D eigenvalue weighted by Crippen LogP contribution is -2.34. The van der Waals surface area contributed by atoms with Crippen molar-refractivity contribution in [2.75, 3.05) is 20.1 Å². The molecule has 1 aliphatic heterocycles. The van der Waals surface area contributed by atoms with E-state index in [4.69, 9.17) is 16.1 Å². The number of likely N-dealkylation sites (tertiary alicyclic amines) is 1. The normalized spacial score (nSPS) is 19.4. The summed E-state index contributed by atoms with van der Waals surface area (Å²) in [5.41, 5.74) is 0. The molecular formula is C15H21ClN4OS. The predicted octanol–water partition coefficient (Wildman–Crippen LogP) is 3.05. The summed E-state index contributed by atoms with van der Waals surface area (Å²) in [5.74, 6) is 1.49. The van der Waals surface area contributed by atoms with Crippen LogP contribution in [0.5, 0.6) is 0 Å². The highest BCUT2D eigenvalue weighted by Crippen LogP contribution is 2.25. The third-order valence-corrected chi connectivity index (χ3v) is 5.30. The number of thiophene rings is 1. The third-order valence-electron chi connectivity index (χ3n) is 4.08. The van der Waals surface area contributed by atoms with Crippen molar-refractivity contribution >= 4 is 22.9 Å². The molecule has 2 aromatic rings. The Kier molecular flexibility index (Phi) is 5.13. The van der Waals surface area contributed by atoms with Crippen LogP contribution in [0.25, 0.3) is 0 Å². The van der Waals surface area contributed by atoms with Gasteiger partial charge in [-0.1, -0.05) is 23.7 Å². The fraction of sp³-hybridized carbons (Fsp3) is 0.600. The van der Waals surface area contributed by atoms with E-state index in [9.17, 15) is 0 Å². The van der Waals surface area contributed by atoms with E-state index in [0.717, 1.165) is 42.8 Å². The molecule has 1 fully saturated rings. The van der Waals surface area contributed by atoms with E-state index >= 15 is 0 Å². The van der Waals surface area contributed by atoms with E-state index in [0.29, 0.717) is 11.9 Å². The van der Waals surface area contributed by atoms with Crippen LogP contribution in [0.15, 0.2) is 16.7 Å². The predicted molar refractivity (Wildman–Crippen MR) is 88.2 cm³/mol. The molecular weight excluding hydrogens is 320 g/mol. The Morgan fingerprint density at radius 3 is 3.05 bits per heavy atom. The highest BCUT2D eigenvalue weighted by atomic mass is 35.5. The summed E-state index contributed by atoms with van der Waals surface area (Å²) >= 11 is 7.67. The van der Waals surface area contributed by atoms with Crippen LogP contribution in [-0.4, -0.2) is 46.1 Å². The fourth-order valence-corrected chi connectivity index (χ4v) is 3.95. The molecule has 0 N–H and O–H groups in total. The number of likely N-dealkylation sites (N-methyl/N-ethyl adjacent to an activating group) is 1. The Labute approximate surface area is 139 Å². The molecule has 7 heteroatoms. The maximum Gasteiger partial charge on any atom is 0.226 e. The minimum absolute atomic E-state index is 0.541. The molecule has 0 saturated carbocycles. The molecule has 0 spiro atoms. The van der Waals surface area contributed by atoms with Crippen LogP contribution in [0, 0.1) is 0 Å². The molecule has 3 rings (SSSR count). The smallest absolute Gasteiger partial charge is 0.226 e. The molecule has 0 aliphatic carbocycles. The van der Waals surface area contributed by atoms with E-state index in [-0.39, 0.29) is 0 Å². The van der Waals surface area contributed by atoms with Crippen LogP contribution in [0.1, 0.15) is 29.9 Å². The summed E-state index contributed by atoms with van der Waals surface area (Å²) in [7, 11) is 2.14. The zero-order chi connectivity index (χ0) is 15.5. The van der Waals surface area contributed by atoms with Gasteiger partial charge < -0.3 is 4.52 Å². The zero-order valence-corrected chi connectivity index (χ0v) is 14.5. The average Bonchev–Trinajstić information content (AvgIpc) is 3.21. The van der Waals surface area contributed by atoms with Gasteiger partial charge in [-0.05, 0) is 25.6 Å². The molecule has 0 amide bonds. The molecule has 1 aliphatic rings. The van der Waals surface area contributed by atoms with Crippen molar-refractivity contribution in [2.45, 2.75) is 38.9 Å². The first kappa shape index (κ1) is 15.9. The van der Waals surface area contributed by atoms with E-state index in [1.807, 2.05) is 13.0 Å². The topological polar surface area (TPSA) is 45.4 Å². The lowest BCUT2D eigenvalue weighted by atomic mass is 10.2. The molecule has 0 bridgehead atoms. The SMILES string of the molecule is CCc1nc(CN(C)[C@@H]2CCN(Cc3ccc(Cl)s3)C2)no1. The van der Waals surface area contributed by atoms with Gasteiger partial charge >= 0.3 is 0 Å². The largest absolute Gasteiger partial charge is 0.339 e. The maximum atomic E-state index is 6.00. The van der Waals surface area contributed by atoms with Crippen LogP contribution in [0.2, 0.25) is 4.34 Å². The summed E-state index contributed by atoms with van der Waals surface area (Å²) < 4.78 is 6.04. The van der Waals surface area contributed by atoms with Crippen LogP contribution in [-0.2, 0) is 19.5 Å². The molecule has 22 heavy (non-hydrogen) atoms. The molecule has 2 aromatic heterocycles. The van der Waals surface area contributed by atoms with Crippen molar-refractivity contribution < 1.29 is 4.52 Å². The molecule has 5 nitrogen and oxygen atoms in total. The number of halogens is 1. The Morgan fingerprint density at radius 2 is 2.36 bits per heavy atom. The van der Waals surface area contributed by atoms with Gasteiger partial charge in [0.1, 0.15) is 0 Å². The van der Waals surface area contributed by atoms with Crippen LogP contribution in [0.3, 0.4) is 0 Å². The molecule has 1 atom stereocenters. The number of aromatic nitrogens is 2. The first-order valence-corrected chi connectivity index (χ1v) is 8.81. The van der Waals surface area contributed by atoms with Gasteiger partial charge in [-0.15, -0.1) is 11.3 Å². The van der Waals surface area contributed by atoms with Gasteiger partial charge in [0.15, 0.2) is 5.82 Å². The number of hydrogen-bond acceptors (Lipinski definition) is 6. The maximum absolute atomic E-state index is 6.00. The van der Waals surface area contributed by atoms with Gasteiger partial charge in [-0.2, -0.15) is 4.98 Å². The fourth-order valence-electron chi connectivity index (χ4n) is 2.82. The standard InChI is InChI=1S/C15H21ClN4OS/c1-3-15-17-14(18-21-15)10-19(2)11-6-7-20(8-11)9-12-4-5-13(16)22-12/h4-5,11H,3,6-10H2,1-2H3/t11-/m1/s1. The lowest BCUT2D eigenvalue weighted by molar-refractivity contribution is 0.216. The molecule has 0 aromatic carbocycles. The van der Waals surface area contributed by atoms with Crippen molar-refractivity contribution in [1.82, 2.24) is 19.9 Å². The molecule has 0 unspecified atom stereocenters. The molecule has 120 valence electrons. The van der Waals surface area contributed by atoms with Gasteiger partial charge in [0, 0.05) is 37.0 Å². The van der Waals surface area contributed by atoms with Crippen molar-refractivity contribution in [2.24, 2.45) is 0 Å². The van der Waals surface area contributed by atoms with Gasteiger partial charge in [0.25, 0.3) is 0 Å². The van der Waals surface area contributed by atoms with Crippen LogP contribution >= 0.6 is 22.9 Å². The lowest BCUT2D eigenvalue weighted by Gasteiger charge is -2.23. The summed E-state index contributed by atoms with van der Waals surface area (Å²) in [6, 6.07) is 4.64. The minimum Gasteiger partial charge on any atom is -0.339 e. The van der Waals surface area contributed by atoms with Crippen LogP contribution in [0.4, 0.5) is 0 Å². The van der Waals surface area contributed by atoms with Gasteiger partial charge in [-0.25, -0.2) is 0 Å². The summed E-state index contributed by atoms with van der Waals surface area (Å²) in [5, 5.41) is 4.03. The van der Waals surface area contributed by atoms with Crippen LogP contribution < -0.4 is 0 Å². The van der Waals surface area contributed by atoms with Gasteiger partial charge in [0.05, 0.1) is 10.9 Å². The zero-order valence-electron chi connectivity index (χ0n) is 13.0. The quantitative estimate of drug-likeness (QED) is 0.808. The first-order chi connectivity index (χ1) is 10.6. The number of rotatable bonds is 6. The Balaban J connectivity index is 1.50. The number of nitrogens with zero attached hydrogens (tertiary/aromatic N) is 4. The first-order valence-electron chi connectivity index (χ1n) is 7.62. The third kappa shape index (κ3) is 3.87. The number of aryl methyl sites for hydroxylation is 1. The monoisotopic (exact) mass is 340 g/mol. The van der Waals surface area contributed by atoms with E-state index in [2.05, 4.69) is 33.1 Å². The Morgan fingerprint density at radius 1 is 1.50 bits per heavy atom. The highest BCUT2D eigenvalue weighted by molar-refractivity contribution is 7.16. The second-order valence-corrected chi connectivity index (χ2v) is 7.56. The van der Waals surface area contributed by atoms with Gasteiger partial charge in [0.2, 0.25) is 5.89 Å². The Bertz CT molecular complexity index is 614. The molecule has 3 heterocycles. The van der Waals surface area contributed by atoms with E-state index < -0.39 is 0 Å². The van der Waals surface area contributed by atoms with Crippen molar-refractivity contribution in [3.63, 3.8) is 0 Å². The average molecular weight is 341 g/mol. The molecule has 0 radical (unpaired) electrons. The number of hydrogen-bond donors (Lipinski definition) is 0.